The number of carbonyl (C=O) groups excluding carboxylic acids is 1. The summed E-state index contributed by atoms with van der Waals surface area (Å²) in [5.41, 5.74) is 4.04. The number of thioether (sulfide) groups is 1. The lowest BCUT2D eigenvalue weighted by molar-refractivity contribution is -0.131. The molecule has 1 amide bonds. The van der Waals surface area contributed by atoms with Crippen molar-refractivity contribution < 1.29 is 4.79 Å². The lowest BCUT2D eigenvalue weighted by Crippen LogP contribution is -2.46. The van der Waals surface area contributed by atoms with Crippen LogP contribution in [0, 0.1) is 18.3 Å². The molecule has 0 N–H and O–H groups in total. The monoisotopic (exact) mass is 376 g/mol. The smallest absolute Gasteiger partial charge is 0.229 e. The molecule has 2 aromatic rings. The van der Waals surface area contributed by atoms with Crippen LogP contribution < -0.4 is 0 Å². The molecule has 1 aromatic carbocycles. The Morgan fingerprint density at radius 2 is 2.11 bits per heavy atom. The van der Waals surface area contributed by atoms with Crippen molar-refractivity contribution in [2.24, 2.45) is 0 Å². The van der Waals surface area contributed by atoms with Gasteiger partial charge in [-0.25, -0.2) is 0 Å². The number of fused-ring (bicyclic) bond motifs is 1. The van der Waals surface area contributed by atoms with E-state index in [0.717, 1.165) is 28.6 Å². The number of aromatic nitrogens is 1. The molecule has 1 saturated heterocycles. The highest BCUT2D eigenvalue weighted by Gasteiger charge is 2.38. The topological polar surface area (TPSA) is 60.2 Å². The van der Waals surface area contributed by atoms with Crippen molar-refractivity contribution >= 4 is 17.7 Å². The number of pyridine rings is 1. The molecule has 2 aliphatic rings. The zero-order chi connectivity index (χ0) is 18.8. The first-order valence-corrected chi connectivity index (χ1v) is 9.89. The molecule has 0 unspecified atom stereocenters. The lowest BCUT2D eigenvalue weighted by atomic mass is 9.86. The van der Waals surface area contributed by atoms with Crippen molar-refractivity contribution in [3.05, 3.63) is 76.1 Å². The Morgan fingerprint density at radius 1 is 1.30 bits per heavy atom. The van der Waals surface area contributed by atoms with Crippen molar-refractivity contribution in [1.82, 2.24) is 14.8 Å². The van der Waals surface area contributed by atoms with Crippen molar-refractivity contribution in [2.75, 3.05) is 12.5 Å². The third-order valence-corrected chi connectivity index (χ3v) is 6.17. The first-order chi connectivity index (χ1) is 13.2. The Labute approximate surface area is 163 Å². The molecule has 5 nitrogen and oxygen atoms in total. The number of carbonyl (C=O) groups is 1. The zero-order valence-corrected chi connectivity index (χ0v) is 15.9. The van der Waals surface area contributed by atoms with E-state index in [0.29, 0.717) is 18.7 Å². The molecule has 4 rings (SSSR count). The molecular weight excluding hydrogens is 356 g/mol. The van der Waals surface area contributed by atoms with Crippen molar-refractivity contribution in [3.8, 4) is 6.07 Å². The molecule has 3 heterocycles. The highest BCUT2D eigenvalue weighted by atomic mass is 32.2. The van der Waals surface area contributed by atoms with E-state index >= 15 is 0 Å². The van der Waals surface area contributed by atoms with Gasteiger partial charge in [-0.2, -0.15) is 5.26 Å². The van der Waals surface area contributed by atoms with Crippen molar-refractivity contribution in [1.29, 1.82) is 5.26 Å². The van der Waals surface area contributed by atoms with Gasteiger partial charge in [-0.15, -0.1) is 0 Å². The fraction of sp³-hybridized carbons (Fsp3) is 0.286. The molecule has 0 spiro atoms. The first kappa shape index (κ1) is 17.8. The molecule has 0 bridgehead atoms. The molecule has 1 aromatic heterocycles. The van der Waals surface area contributed by atoms with Crippen LogP contribution in [0.3, 0.4) is 0 Å². The normalized spacial score (nSPS) is 20.4. The van der Waals surface area contributed by atoms with Gasteiger partial charge in [0.2, 0.25) is 5.91 Å². The fourth-order valence-electron chi connectivity index (χ4n) is 3.54. The van der Waals surface area contributed by atoms with Gasteiger partial charge >= 0.3 is 0 Å². The fourth-order valence-corrected chi connectivity index (χ4v) is 4.68. The summed E-state index contributed by atoms with van der Waals surface area (Å²) in [7, 11) is 0. The van der Waals surface area contributed by atoms with Crippen LogP contribution in [0.1, 0.15) is 29.0 Å². The predicted octanol–water partition coefficient (Wildman–Crippen LogP) is 3.61. The summed E-state index contributed by atoms with van der Waals surface area (Å²) in [5.74, 6) is 0.685. The minimum Gasteiger partial charge on any atom is -0.292 e. The second kappa shape index (κ2) is 7.55. The molecule has 1 fully saturated rings. The van der Waals surface area contributed by atoms with Gasteiger partial charge in [0.25, 0.3) is 0 Å². The predicted molar refractivity (Wildman–Crippen MR) is 105 cm³/mol. The van der Waals surface area contributed by atoms with Gasteiger partial charge in [-0.1, -0.05) is 47.7 Å². The Hall–Kier alpha value is -2.62. The van der Waals surface area contributed by atoms with Crippen LogP contribution in [-0.2, 0) is 11.3 Å². The van der Waals surface area contributed by atoms with Crippen LogP contribution >= 0.6 is 11.8 Å². The summed E-state index contributed by atoms with van der Waals surface area (Å²) in [4.78, 5) is 21.0. The van der Waals surface area contributed by atoms with Crippen LogP contribution in [0.2, 0.25) is 0 Å². The maximum atomic E-state index is 12.9. The van der Waals surface area contributed by atoms with Gasteiger partial charge in [0.1, 0.15) is 0 Å². The second-order valence-corrected chi connectivity index (χ2v) is 7.86. The number of rotatable bonds is 3. The average molecular weight is 376 g/mol. The van der Waals surface area contributed by atoms with Gasteiger partial charge in [-0.3, -0.25) is 19.6 Å². The van der Waals surface area contributed by atoms with Crippen molar-refractivity contribution in [3.63, 3.8) is 0 Å². The highest BCUT2D eigenvalue weighted by molar-refractivity contribution is 8.03. The summed E-state index contributed by atoms with van der Waals surface area (Å²) in [5, 5.41) is 10.6. The maximum absolute atomic E-state index is 12.9. The SMILES string of the molecule is Cc1ccc([C@H]2CC(=O)N3CN(Cc4cccnc4)CSC3=C2C#N)cc1. The van der Waals surface area contributed by atoms with E-state index in [1.165, 1.54) is 5.56 Å². The summed E-state index contributed by atoms with van der Waals surface area (Å²) in [6.07, 6.45) is 3.95. The van der Waals surface area contributed by atoms with E-state index in [-0.39, 0.29) is 11.8 Å². The average Bonchev–Trinajstić information content (AvgIpc) is 2.69. The molecule has 0 aliphatic carbocycles. The van der Waals surface area contributed by atoms with Crippen LogP contribution in [0.25, 0.3) is 0 Å². The van der Waals surface area contributed by atoms with E-state index in [4.69, 9.17) is 0 Å². The van der Waals surface area contributed by atoms with E-state index in [1.54, 1.807) is 22.9 Å². The van der Waals surface area contributed by atoms with E-state index in [9.17, 15) is 10.1 Å². The highest BCUT2D eigenvalue weighted by Crippen LogP contribution is 2.42. The van der Waals surface area contributed by atoms with Gasteiger partial charge < -0.3 is 0 Å². The molecule has 136 valence electrons. The van der Waals surface area contributed by atoms with E-state index in [2.05, 4.69) is 16.0 Å². The zero-order valence-electron chi connectivity index (χ0n) is 15.1. The third kappa shape index (κ3) is 3.61. The number of benzene rings is 1. The Morgan fingerprint density at radius 3 is 2.81 bits per heavy atom. The summed E-state index contributed by atoms with van der Waals surface area (Å²) in [6.45, 7) is 3.29. The first-order valence-electron chi connectivity index (χ1n) is 8.91. The second-order valence-electron chi connectivity index (χ2n) is 6.92. The standard InChI is InChI=1S/C21H20N4OS/c1-15-4-6-17(7-5-15)18-9-20(26)25-13-24(12-16-3-2-8-23-11-16)14-27-21(25)19(18)10-22/h2-8,11,18H,9,12-14H2,1H3/t18-/m1/s1. The number of hydrogen-bond donors (Lipinski definition) is 0. The number of nitriles is 1. The number of nitrogens with zero attached hydrogens (tertiary/aromatic N) is 4. The molecule has 0 radical (unpaired) electrons. The molecule has 1 atom stereocenters. The Kier molecular flexibility index (Phi) is 4.97. The minimum absolute atomic E-state index is 0.0814. The molecule has 6 heteroatoms. The number of aryl methyl sites for hydroxylation is 1. The third-order valence-electron chi connectivity index (χ3n) is 4.96. The quantitative estimate of drug-likeness (QED) is 0.819. The number of hydrogen-bond acceptors (Lipinski definition) is 5. The van der Waals surface area contributed by atoms with E-state index in [1.807, 2.05) is 49.5 Å². The summed E-state index contributed by atoms with van der Waals surface area (Å²) < 4.78 is 0. The summed E-state index contributed by atoms with van der Waals surface area (Å²) in [6, 6.07) is 14.5. The Balaban J connectivity index is 1.59. The maximum Gasteiger partial charge on any atom is 0.229 e. The van der Waals surface area contributed by atoms with Gasteiger partial charge in [0.15, 0.2) is 0 Å². The largest absolute Gasteiger partial charge is 0.292 e. The van der Waals surface area contributed by atoms with Crippen LogP contribution in [0.4, 0.5) is 0 Å². The van der Waals surface area contributed by atoms with Crippen LogP contribution in [0.15, 0.2) is 59.4 Å². The van der Waals surface area contributed by atoms with Gasteiger partial charge in [0.05, 0.1) is 29.2 Å². The van der Waals surface area contributed by atoms with Gasteiger partial charge in [-0.05, 0) is 24.1 Å². The minimum atomic E-state index is -0.147. The molecule has 2 aliphatic heterocycles. The molecular formula is C21H20N4OS. The van der Waals surface area contributed by atoms with E-state index < -0.39 is 0 Å². The molecule has 0 saturated carbocycles. The van der Waals surface area contributed by atoms with Crippen LogP contribution in [-0.4, -0.2) is 33.2 Å². The number of allylic oxidation sites excluding steroid dienone is 1. The Bertz CT molecular complexity index is 917. The van der Waals surface area contributed by atoms with Crippen LogP contribution in [0.5, 0.6) is 0 Å². The summed E-state index contributed by atoms with van der Waals surface area (Å²) >= 11 is 1.58. The number of amides is 1. The van der Waals surface area contributed by atoms with Crippen molar-refractivity contribution in [2.45, 2.75) is 25.8 Å². The molecule has 27 heavy (non-hydrogen) atoms. The van der Waals surface area contributed by atoms with Gasteiger partial charge in [0, 0.05) is 31.3 Å². The lowest BCUT2D eigenvalue weighted by Gasteiger charge is -2.41.